The lowest BCUT2D eigenvalue weighted by Gasteiger charge is -2.23. The number of amides is 2. The second kappa shape index (κ2) is 11.5. The van der Waals surface area contributed by atoms with Gasteiger partial charge in [-0.15, -0.1) is 0 Å². The van der Waals surface area contributed by atoms with Gasteiger partial charge in [0.25, 0.3) is 5.91 Å². The monoisotopic (exact) mass is 337 g/mol. The molecule has 1 aliphatic heterocycles. The van der Waals surface area contributed by atoms with Crippen LogP contribution < -0.4 is 11.1 Å². The van der Waals surface area contributed by atoms with Gasteiger partial charge in [-0.25, -0.2) is 0 Å². The minimum atomic E-state index is -2.36. The van der Waals surface area contributed by atoms with Crippen LogP contribution in [0.4, 0.5) is 0 Å². The Hall–Kier alpha value is -1.09. The van der Waals surface area contributed by atoms with Gasteiger partial charge >= 0.3 is 8.60 Å². The lowest BCUT2D eigenvalue weighted by molar-refractivity contribution is -0.122. The van der Waals surface area contributed by atoms with E-state index in [1.165, 1.54) is 7.05 Å². The standard InChI is InChI=1S/C11H19N2O6P.CH5N/c1-8(11(15)12-7-14)5-13(2)10-4-3-9(19-10)6-18-20(16)17;1-2/h5,7,9-10,16-17H,3-4,6H2,1-2H3,(H,12,14,15);2H2,1H3/b8-5-;. The molecule has 0 spiro atoms. The number of carbonyl (C=O) groups is 2. The number of nitrogens with two attached hydrogens (primary N) is 1. The largest absolute Gasteiger partial charge is 0.355 e. The summed E-state index contributed by atoms with van der Waals surface area (Å²) in [5.74, 6) is -0.462. The molecule has 0 aromatic carbocycles. The minimum absolute atomic E-state index is 0.122. The van der Waals surface area contributed by atoms with Gasteiger partial charge < -0.3 is 29.7 Å². The highest BCUT2D eigenvalue weighted by molar-refractivity contribution is 7.39. The van der Waals surface area contributed by atoms with Crippen molar-refractivity contribution in [3.63, 3.8) is 0 Å². The van der Waals surface area contributed by atoms with Crippen molar-refractivity contribution < 1.29 is 28.6 Å². The van der Waals surface area contributed by atoms with Crippen LogP contribution in [-0.2, 0) is 18.8 Å². The lowest BCUT2D eigenvalue weighted by Crippen LogP contribution is -2.30. The van der Waals surface area contributed by atoms with Gasteiger partial charge in [-0.05, 0) is 26.8 Å². The van der Waals surface area contributed by atoms with Crippen molar-refractivity contribution in [1.82, 2.24) is 10.2 Å². The van der Waals surface area contributed by atoms with Crippen LogP contribution in [0.2, 0.25) is 0 Å². The SMILES string of the molecule is C/C(=C/N(C)C1CCC(COP(O)O)O1)C(=O)NC=O.CN. The zero-order valence-corrected chi connectivity index (χ0v) is 13.8. The highest BCUT2D eigenvalue weighted by Gasteiger charge is 2.28. The van der Waals surface area contributed by atoms with Crippen LogP contribution in [0.15, 0.2) is 11.8 Å². The summed E-state index contributed by atoms with van der Waals surface area (Å²) in [7, 11) is 0.896. The molecule has 128 valence electrons. The van der Waals surface area contributed by atoms with E-state index in [-0.39, 0.29) is 18.9 Å². The number of hydrogen-bond acceptors (Lipinski definition) is 8. The Morgan fingerprint density at radius 2 is 2.14 bits per heavy atom. The summed E-state index contributed by atoms with van der Waals surface area (Å²) in [6.07, 6.45) is 2.97. The van der Waals surface area contributed by atoms with Crippen molar-refractivity contribution in [2.75, 3.05) is 20.7 Å². The minimum Gasteiger partial charge on any atom is -0.355 e. The maximum absolute atomic E-state index is 11.4. The first-order chi connectivity index (χ1) is 10.4. The Morgan fingerprint density at radius 3 is 2.68 bits per heavy atom. The Kier molecular flexibility index (Phi) is 10.9. The summed E-state index contributed by atoms with van der Waals surface area (Å²) < 4.78 is 10.4. The average Bonchev–Trinajstić information content (AvgIpc) is 2.96. The van der Waals surface area contributed by atoms with Crippen molar-refractivity contribution in [3.8, 4) is 0 Å². The van der Waals surface area contributed by atoms with Gasteiger partial charge in [-0.1, -0.05) is 0 Å². The number of hydrogen-bond donors (Lipinski definition) is 4. The molecule has 0 aromatic rings. The van der Waals surface area contributed by atoms with Crippen LogP contribution in [0.5, 0.6) is 0 Å². The molecule has 10 heteroatoms. The molecule has 22 heavy (non-hydrogen) atoms. The third-order valence-electron chi connectivity index (χ3n) is 2.86. The lowest BCUT2D eigenvalue weighted by atomic mass is 10.2. The molecule has 0 aliphatic carbocycles. The molecule has 1 heterocycles. The molecule has 2 unspecified atom stereocenters. The normalized spacial score (nSPS) is 21.1. The predicted molar refractivity (Wildman–Crippen MR) is 81.0 cm³/mol. The second-order valence-electron chi connectivity index (χ2n) is 4.41. The maximum atomic E-state index is 11.4. The first-order valence-electron chi connectivity index (χ1n) is 6.63. The van der Waals surface area contributed by atoms with Crippen molar-refractivity contribution in [1.29, 1.82) is 0 Å². The number of carbonyl (C=O) groups excluding carboxylic acids is 2. The molecular formula is C12H24N3O6P. The third kappa shape index (κ3) is 7.79. The molecule has 0 radical (unpaired) electrons. The third-order valence-corrected chi connectivity index (χ3v) is 3.24. The topological polar surface area (TPSA) is 134 Å². The fourth-order valence-electron chi connectivity index (χ4n) is 1.87. The van der Waals surface area contributed by atoms with Crippen LogP contribution in [0.3, 0.4) is 0 Å². The highest BCUT2D eigenvalue weighted by atomic mass is 31.2. The Bertz CT molecular complexity index is 380. The zero-order chi connectivity index (χ0) is 17.1. The Morgan fingerprint density at radius 1 is 1.50 bits per heavy atom. The fourth-order valence-corrected chi connectivity index (χ4v) is 2.17. The first kappa shape index (κ1) is 20.9. The number of rotatable bonds is 7. The van der Waals surface area contributed by atoms with Gasteiger partial charge in [-0.2, -0.15) is 0 Å². The van der Waals surface area contributed by atoms with E-state index in [1.807, 2.05) is 0 Å². The predicted octanol–water partition coefficient (Wildman–Crippen LogP) is -0.597. The average molecular weight is 337 g/mol. The molecule has 9 nitrogen and oxygen atoms in total. The maximum Gasteiger partial charge on any atom is 0.327 e. The molecular weight excluding hydrogens is 313 g/mol. The number of ether oxygens (including phenoxy) is 1. The summed E-state index contributed by atoms with van der Waals surface area (Å²) in [5.41, 5.74) is 4.89. The van der Waals surface area contributed by atoms with E-state index in [1.54, 1.807) is 25.1 Å². The van der Waals surface area contributed by atoms with E-state index in [2.05, 4.69) is 11.1 Å². The van der Waals surface area contributed by atoms with E-state index in [0.717, 1.165) is 12.8 Å². The molecule has 2 atom stereocenters. The van der Waals surface area contributed by atoms with E-state index >= 15 is 0 Å². The summed E-state index contributed by atoms with van der Waals surface area (Å²) >= 11 is 0. The van der Waals surface area contributed by atoms with Crippen molar-refractivity contribution in [2.45, 2.75) is 32.1 Å². The van der Waals surface area contributed by atoms with Crippen LogP contribution in [-0.4, -0.2) is 60.0 Å². The first-order valence-corrected chi connectivity index (χ1v) is 7.79. The van der Waals surface area contributed by atoms with E-state index < -0.39 is 14.5 Å². The molecule has 0 bridgehead atoms. The number of nitrogens with zero attached hydrogens (tertiary/aromatic N) is 1. The smallest absolute Gasteiger partial charge is 0.327 e. The molecule has 0 aromatic heterocycles. The van der Waals surface area contributed by atoms with Gasteiger partial charge in [0, 0.05) is 18.8 Å². The van der Waals surface area contributed by atoms with E-state index in [4.69, 9.17) is 19.0 Å². The molecule has 1 fully saturated rings. The highest BCUT2D eigenvalue weighted by Crippen LogP contribution is 2.28. The summed E-state index contributed by atoms with van der Waals surface area (Å²) in [6.45, 7) is 1.72. The Balaban J connectivity index is 0.00000211. The van der Waals surface area contributed by atoms with Gasteiger partial charge in [0.05, 0.1) is 12.7 Å². The summed E-state index contributed by atoms with van der Waals surface area (Å²) in [6, 6.07) is 0. The number of nitrogens with one attached hydrogen (secondary N) is 1. The van der Waals surface area contributed by atoms with Gasteiger partial charge in [-0.3, -0.25) is 14.9 Å². The van der Waals surface area contributed by atoms with Crippen LogP contribution >= 0.6 is 8.60 Å². The van der Waals surface area contributed by atoms with E-state index in [0.29, 0.717) is 12.0 Å². The van der Waals surface area contributed by atoms with Gasteiger partial charge in [0.15, 0.2) is 0 Å². The van der Waals surface area contributed by atoms with Crippen molar-refractivity contribution in [3.05, 3.63) is 11.8 Å². The van der Waals surface area contributed by atoms with Crippen LogP contribution in [0.1, 0.15) is 19.8 Å². The van der Waals surface area contributed by atoms with Crippen LogP contribution in [0, 0.1) is 0 Å². The molecule has 1 aliphatic rings. The number of imide groups is 1. The van der Waals surface area contributed by atoms with Gasteiger partial charge in [0.2, 0.25) is 6.41 Å². The van der Waals surface area contributed by atoms with E-state index in [9.17, 15) is 9.59 Å². The van der Waals surface area contributed by atoms with Crippen molar-refractivity contribution >= 4 is 20.9 Å². The second-order valence-corrected chi connectivity index (χ2v) is 5.17. The van der Waals surface area contributed by atoms with Crippen LogP contribution in [0.25, 0.3) is 0 Å². The molecule has 1 saturated heterocycles. The molecule has 1 rings (SSSR count). The molecule has 2 amide bonds. The molecule has 5 N–H and O–H groups in total. The molecule has 0 saturated carbocycles. The quantitative estimate of drug-likeness (QED) is 0.275. The van der Waals surface area contributed by atoms with Gasteiger partial charge in [0.1, 0.15) is 6.23 Å². The zero-order valence-electron chi connectivity index (χ0n) is 12.9. The fraction of sp³-hybridized carbons (Fsp3) is 0.667. The summed E-state index contributed by atoms with van der Waals surface area (Å²) in [5, 5.41) is 2.05. The summed E-state index contributed by atoms with van der Waals surface area (Å²) in [4.78, 5) is 40.6. The van der Waals surface area contributed by atoms with Crippen molar-refractivity contribution in [2.24, 2.45) is 5.73 Å². The Labute approximate surface area is 131 Å².